The van der Waals surface area contributed by atoms with Gasteiger partial charge in [-0.2, -0.15) is 0 Å². The van der Waals surface area contributed by atoms with Gasteiger partial charge in [0.15, 0.2) is 5.78 Å². The standard InChI is InChI=1S/C15H13Cl2NO/c16-12-5-6-13(14(17)8-12)15(19)7-10-3-1-2-4-11(10)9-18/h1-6,8H,7,9,18H2. The Kier molecular flexibility index (Phi) is 4.59. The van der Waals surface area contributed by atoms with Crippen LogP contribution in [-0.2, 0) is 13.0 Å². The molecule has 2 rings (SSSR count). The molecule has 0 amide bonds. The zero-order valence-electron chi connectivity index (χ0n) is 10.2. The van der Waals surface area contributed by atoms with Crippen molar-refractivity contribution in [1.29, 1.82) is 0 Å². The Bertz CT molecular complexity index is 611. The molecule has 2 aromatic carbocycles. The summed E-state index contributed by atoms with van der Waals surface area (Å²) in [5.74, 6) is -0.0393. The molecular weight excluding hydrogens is 281 g/mol. The molecule has 0 aliphatic carbocycles. The minimum Gasteiger partial charge on any atom is -0.326 e. The SMILES string of the molecule is NCc1ccccc1CC(=O)c1ccc(Cl)cc1Cl. The summed E-state index contributed by atoms with van der Waals surface area (Å²) in [6.45, 7) is 0.414. The second-order valence-electron chi connectivity index (χ2n) is 4.20. The Hall–Kier alpha value is -1.35. The highest BCUT2D eigenvalue weighted by atomic mass is 35.5. The topological polar surface area (TPSA) is 43.1 Å². The highest BCUT2D eigenvalue weighted by Gasteiger charge is 2.13. The van der Waals surface area contributed by atoms with Gasteiger partial charge >= 0.3 is 0 Å². The number of carbonyl (C=O) groups is 1. The number of hydrogen-bond acceptors (Lipinski definition) is 2. The van der Waals surface area contributed by atoms with Crippen molar-refractivity contribution in [1.82, 2.24) is 0 Å². The lowest BCUT2D eigenvalue weighted by molar-refractivity contribution is 0.0993. The molecule has 0 aliphatic rings. The molecule has 0 aromatic heterocycles. The first-order valence-corrected chi connectivity index (χ1v) is 6.62. The molecule has 0 bridgehead atoms. The Morgan fingerprint density at radius 2 is 1.74 bits per heavy atom. The third-order valence-corrected chi connectivity index (χ3v) is 3.47. The first kappa shape index (κ1) is 14.1. The summed E-state index contributed by atoms with van der Waals surface area (Å²) in [7, 11) is 0. The van der Waals surface area contributed by atoms with Gasteiger partial charge in [-0.15, -0.1) is 0 Å². The summed E-state index contributed by atoms with van der Waals surface area (Å²) in [4.78, 5) is 12.2. The van der Waals surface area contributed by atoms with Crippen molar-refractivity contribution in [2.75, 3.05) is 0 Å². The molecule has 2 nitrogen and oxygen atoms in total. The Balaban J connectivity index is 2.26. The second-order valence-corrected chi connectivity index (χ2v) is 5.04. The van der Waals surface area contributed by atoms with Crippen LogP contribution in [0.3, 0.4) is 0 Å². The lowest BCUT2D eigenvalue weighted by Gasteiger charge is -2.08. The number of ketones is 1. The lowest BCUT2D eigenvalue weighted by Crippen LogP contribution is -2.08. The third-order valence-electron chi connectivity index (χ3n) is 2.92. The summed E-state index contributed by atoms with van der Waals surface area (Å²) < 4.78 is 0. The average Bonchev–Trinajstić information content (AvgIpc) is 2.39. The van der Waals surface area contributed by atoms with Crippen molar-refractivity contribution in [3.8, 4) is 0 Å². The van der Waals surface area contributed by atoms with E-state index in [0.717, 1.165) is 11.1 Å². The molecule has 2 aromatic rings. The van der Waals surface area contributed by atoms with Crippen LogP contribution in [0.25, 0.3) is 0 Å². The van der Waals surface area contributed by atoms with Crippen LogP contribution in [0.15, 0.2) is 42.5 Å². The van der Waals surface area contributed by atoms with E-state index in [1.807, 2.05) is 24.3 Å². The van der Waals surface area contributed by atoms with Crippen LogP contribution >= 0.6 is 23.2 Å². The van der Waals surface area contributed by atoms with Crippen LogP contribution in [0.4, 0.5) is 0 Å². The van der Waals surface area contributed by atoms with Gasteiger partial charge in [-0.25, -0.2) is 0 Å². The lowest BCUT2D eigenvalue weighted by atomic mass is 9.99. The van der Waals surface area contributed by atoms with Crippen molar-refractivity contribution in [2.45, 2.75) is 13.0 Å². The number of rotatable bonds is 4. The zero-order valence-corrected chi connectivity index (χ0v) is 11.7. The molecule has 19 heavy (non-hydrogen) atoms. The van der Waals surface area contributed by atoms with E-state index in [4.69, 9.17) is 28.9 Å². The zero-order chi connectivity index (χ0) is 13.8. The summed E-state index contributed by atoms with van der Waals surface area (Å²) in [6, 6.07) is 12.5. The Labute approximate surface area is 122 Å². The van der Waals surface area contributed by atoms with Gasteiger partial charge in [-0.05, 0) is 29.3 Å². The van der Waals surface area contributed by atoms with Crippen LogP contribution in [0, 0.1) is 0 Å². The fourth-order valence-electron chi connectivity index (χ4n) is 1.91. The summed E-state index contributed by atoms with van der Waals surface area (Å²) in [6.07, 6.45) is 0.286. The molecule has 0 heterocycles. The maximum absolute atomic E-state index is 12.2. The van der Waals surface area contributed by atoms with Gasteiger partial charge in [0, 0.05) is 23.6 Å². The molecule has 0 fully saturated rings. The third kappa shape index (κ3) is 3.35. The van der Waals surface area contributed by atoms with Crippen molar-refractivity contribution in [2.24, 2.45) is 5.73 Å². The minimum absolute atomic E-state index is 0.0393. The molecule has 0 atom stereocenters. The number of hydrogen-bond donors (Lipinski definition) is 1. The molecule has 0 radical (unpaired) electrons. The number of carbonyl (C=O) groups excluding carboxylic acids is 1. The second kappa shape index (κ2) is 6.20. The van der Waals surface area contributed by atoms with Crippen LogP contribution in [0.5, 0.6) is 0 Å². The van der Waals surface area contributed by atoms with Gasteiger partial charge in [0.25, 0.3) is 0 Å². The van der Waals surface area contributed by atoms with Crippen LogP contribution in [0.2, 0.25) is 10.0 Å². The van der Waals surface area contributed by atoms with E-state index in [1.54, 1.807) is 18.2 Å². The first-order valence-electron chi connectivity index (χ1n) is 5.87. The summed E-state index contributed by atoms with van der Waals surface area (Å²) in [5.41, 5.74) is 8.05. The quantitative estimate of drug-likeness (QED) is 0.870. The molecule has 0 spiro atoms. The van der Waals surface area contributed by atoms with Gasteiger partial charge in [-0.3, -0.25) is 4.79 Å². The summed E-state index contributed by atoms with van der Waals surface area (Å²) in [5, 5.41) is 0.895. The fraction of sp³-hybridized carbons (Fsp3) is 0.133. The molecule has 0 unspecified atom stereocenters. The van der Waals surface area contributed by atoms with E-state index < -0.39 is 0 Å². The monoisotopic (exact) mass is 293 g/mol. The number of Topliss-reactive ketones (excluding diaryl/α,β-unsaturated/α-hetero) is 1. The van der Waals surface area contributed by atoms with Crippen LogP contribution < -0.4 is 5.73 Å². The van der Waals surface area contributed by atoms with Crippen molar-refractivity contribution < 1.29 is 4.79 Å². The van der Waals surface area contributed by atoms with Crippen molar-refractivity contribution >= 4 is 29.0 Å². The van der Waals surface area contributed by atoms with Gasteiger partial charge in [-0.1, -0.05) is 47.5 Å². The smallest absolute Gasteiger partial charge is 0.168 e. The highest BCUT2D eigenvalue weighted by molar-refractivity contribution is 6.36. The predicted octanol–water partition coefficient (Wildman–Crippen LogP) is 3.88. The number of halogens is 2. The van der Waals surface area contributed by atoms with E-state index in [0.29, 0.717) is 22.2 Å². The molecular formula is C15H13Cl2NO. The molecule has 0 saturated carbocycles. The van der Waals surface area contributed by atoms with Gasteiger partial charge < -0.3 is 5.73 Å². The van der Waals surface area contributed by atoms with Crippen LogP contribution in [0.1, 0.15) is 21.5 Å². The molecule has 0 saturated heterocycles. The molecule has 98 valence electrons. The van der Waals surface area contributed by atoms with E-state index in [9.17, 15) is 4.79 Å². The average molecular weight is 294 g/mol. The van der Waals surface area contributed by atoms with Crippen LogP contribution in [-0.4, -0.2) is 5.78 Å². The normalized spacial score (nSPS) is 10.5. The molecule has 4 heteroatoms. The van der Waals surface area contributed by atoms with E-state index in [-0.39, 0.29) is 12.2 Å². The van der Waals surface area contributed by atoms with Gasteiger partial charge in [0.2, 0.25) is 0 Å². The van der Waals surface area contributed by atoms with Gasteiger partial charge in [0.05, 0.1) is 5.02 Å². The fourth-order valence-corrected chi connectivity index (χ4v) is 2.43. The van der Waals surface area contributed by atoms with Crippen molar-refractivity contribution in [3.05, 3.63) is 69.2 Å². The maximum atomic E-state index is 12.2. The molecule has 2 N–H and O–H groups in total. The number of benzene rings is 2. The Morgan fingerprint density at radius 1 is 1.05 bits per heavy atom. The highest BCUT2D eigenvalue weighted by Crippen LogP contribution is 2.23. The largest absolute Gasteiger partial charge is 0.326 e. The minimum atomic E-state index is -0.0393. The number of nitrogens with two attached hydrogens (primary N) is 1. The van der Waals surface area contributed by atoms with Gasteiger partial charge in [0.1, 0.15) is 0 Å². The van der Waals surface area contributed by atoms with Crippen molar-refractivity contribution in [3.63, 3.8) is 0 Å². The summed E-state index contributed by atoms with van der Waals surface area (Å²) >= 11 is 11.9. The Morgan fingerprint density at radius 3 is 2.37 bits per heavy atom. The van der Waals surface area contributed by atoms with E-state index >= 15 is 0 Å². The first-order chi connectivity index (χ1) is 9.11. The maximum Gasteiger partial charge on any atom is 0.168 e. The van der Waals surface area contributed by atoms with E-state index in [2.05, 4.69) is 0 Å². The molecule has 0 aliphatic heterocycles. The predicted molar refractivity (Wildman–Crippen MR) is 78.8 cm³/mol. The van der Waals surface area contributed by atoms with E-state index in [1.165, 1.54) is 0 Å².